The fourth-order valence-electron chi connectivity index (χ4n) is 1.23. The van der Waals surface area contributed by atoms with Gasteiger partial charge in [-0.2, -0.15) is 0 Å². The molecule has 0 aliphatic rings. The molecular weight excluding hydrogens is 265 g/mol. The first-order valence-corrected chi connectivity index (χ1v) is 7.31. The van der Waals surface area contributed by atoms with Crippen LogP contribution < -0.4 is 5.73 Å². The van der Waals surface area contributed by atoms with Gasteiger partial charge in [0.1, 0.15) is 0 Å². The highest BCUT2D eigenvalue weighted by molar-refractivity contribution is 7.84. The predicted molar refractivity (Wildman–Crippen MR) is 71.4 cm³/mol. The van der Waals surface area contributed by atoms with Crippen molar-refractivity contribution in [3.05, 3.63) is 33.8 Å². The molecule has 1 rings (SSSR count). The summed E-state index contributed by atoms with van der Waals surface area (Å²) in [5.74, 6) is 1.00. The van der Waals surface area contributed by atoms with Gasteiger partial charge in [-0.15, -0.1) is 0 Å². The first-order chi connectivity index (χ1) is 7.52. The van der Waals surface area contributed by atoms with Gasteiger partial charge in [-0.1, -0.05) is 36.2 Å². The fourth-order valence-corrected chi connectivity index (χ4v) is 2.93. The lowest BCUT2D eigenvalue weighted by Gasteiger charge is -2.08. The van der Waals surface area contributed by atoms with Gasteiger partial charge in [-0.3, -0.25) is 4.21 Å². The molecule has 0 bridgehead atoms. The van der Waals surface area contributed by atoms with Crippen LogP contribution in [0.4, 0.5) is 0 Å². The predicted octanol–water partition coefficient (Wildman–Crippen LogP) is 2.98. The largest absolute Gasteiger partial charge is 0.327 e. The minimum absolute atomic E-state index is 0.00334. The molecule has 0 radical (unpaired) electrons. The van der Waals surface area contributed by atoms with Gasteiger partial charge in [0.15, 0.2) is 0 Å². The Balaban J connectivity index is 2.59. The summed E-state index contributed by atoms with van der Waals surface area (Å²) in [6, 6.07) is 5.31. The van der Waals surface area contributed by atoms with E-state index < -0.39 is 10.8 Å². The molecule has 90 valence electrons. The van der Waals surface area contributed by atoms with E-state index in [1.807, 2.05) is 13.0 Å². The molecular formula is C11H15Cl2NOS. The minimum Gasteiger partial charge on any atom is -0.327 e. The third-order valence-electron chi connectivity index (χ3n) is 2.24. The summed E-state index contributed by atoms with van der Waals surface area (Å²) in [6.45, 7) is 1.99. The summed E-state index contributed by atoms with van der Waals surface area (Å²) in [5, 5.41) is 1.01. The molecule has 5 heteroatoms. The maximum absolute atomic E-state index is 11.7. The van der Waals surface area contributed by atoms with Crippen LogP contribution in [-0.2, 0) is 16.6 Å². The smallest absolute Gasteiger partial charge is 0.0595 e. The third kappa shape index (κ3) is 4.42. The van der Waals surface area contributed by atoms with E-state index in [4.69, 9.17) is 28.9 Å². The van der Waals surface area contributed by atoms with Crippen molar-refractivity contribution in [2.45, 2.75) is 25.1 Å². The van der Waals surface area contributed by atoms with Crippen molar-refractivity contribution in [2.75, 3.05) is 5.75 Å². The van der Waals surface area contributed by atoms with Crippen LogP contribution >= 0.6 is 23.2 Å². The second-order valence-corrected chi connectivity index (χ2v) is 5.98. The Morgan fingerprint density at radius 1 is 1.38 bits per heavy atom. The highest BCUT2D eigenvalue weighted by atomic mass is 35.5. The van der Waals surface area contributed by atoms with Crippen LogP contribution in [0.2, 0.25) is 10.0 Å². The van der Waals surface area contributed by atoms with E-state index in [0.29, 0.717) is 21.6 Å². The number of rotatable bonds is 5. The molecule has 2 N–H and O–H groups in total. The second kappa shape index (κ2) is 6.60. The molecule has 0 aliphatic heterocycles. The molecule has 1 aromatic carbocycles. The summed E-state index contributed by atoms with van der Waals surface area (Å²) >= 11 is 11.7. The number of benzene rings is 1. The summed E-state index contributed by atoms with van der Waals surface area (Å²) in [4.78, 5) is 0. The number of halogens is 2. The molecule has 2 unspecified atom stereocenters. The Labute approximate surface area is 109 Å². The summed E-state index contributed by atoms with van der Waals surface area (Å²) in [5.41, 5.74) is 6.67. The number of hydrogen-bond donors (Lipinski definition) is 1. The maximum atomic E-state index is 11.7. The molecule has 2 nitrogen and oxygen atoms in total. The van der Waals surface area contributed by atoms with Gasteiger partial charge < -0.3 is 5.73 Å². The molecule has 0 saturated carbocycles. The van der Waals surface area contributed by atoms with E-state index in [1.165, 1.54) is 0 Å². The van der Waals surface area contributed by atoms with E-state index in [-0.39, 0.29) is 6.04 Å². The molecule has 0 fully saturated rings. The SMILES string of the molecule is CCC(N)CS(=O)Cc1ccc(Cl)c(Cl)c1. The van der Waals surface area contributed by atoms with Gasteiger partial charge in [0, 0.05) is 28.3 Å². The highest BCUT2D eigenvalue weighted by Crippen LogP contribution is 2.23. The molecule has 0 heterocycles. The van der Waals surface area contributed by atoms with Crippen LogP contribution in [0.3, 0.4) is 0 Å². The number of hydrogen-bond acceptors (Lipinski definition) is 2. The Hall–Kier alpha value is -0.0900. The van der Waals surface area contributed by atoms with Crippen LogP contribution in [0.5, 0.6) is 0 Å². The monoisotopic (exact) mass is 279 g/mol. The minimum atomic E-state index is -0.943. The molecule has 0 aliphatic carbocycles. The Morgan fingerprint density at radius 2 is 2.06 bits per heavy atom. The Morgan fingerprint density at radius 3 is 2.62 bits per heavy atom. The molecule has 0 amide bonds. The Kier molecular flexibility index (Phi) is 5.76. The lowest BCUT2D eigenvalue weighted by atomic mass is 10.2. The van der Waals surface area contributed by atoms with Crippen molar-refractivity contribution in [1.82, 2.24) is 0 Å². The van der Waals surface area contributed by atoms with Crippen LogP contribution in [-0.4, -0.2) is 16.0 Å². The van der Waals surface area contributed by atoms with E-state index >= 15 is 0 Å². The van der Waals surface area contributed by atoms with E-state index in [1.54, 1.807) is 12.1 Å². The quantitative estimate of drug-likeness (QED) is 0.901. The molecule has 0 saturated heterocycles. The fraction of sp³-hybridized carbons (Fsp3) is 0.455. The lowest BCUT2D eigenvalue weighted by molar-refractivity contribution is 0.663. The zero-order valence-corrected chi connectivity index (χ0v) is 11.4. The van der Waals surface area contributed by atoms with Gasteiger partial charge in [0.25, 0.3) is 0 Å². The summed E-state index contributed by atoms with van der Waals surface area (Å²) in [6.07, 6.45) is 0.840. The average molecular weight is 280 g/mol. The van der Waals surface area contributed by atoms with Crippen molar-refractivity contribution in [1.29, 1.82) is 0 Å². The van der Waals surface area contributed by atoms with Crippen molar-refractivity contribution in [3.8, 4) is 0 Å². The van der Waals surface area contributed by atoms with Crippen molar-refractivity contribution >= 4 is 34.0 Å². The highest BCUT2D eigenvalue weighted by Gasteiger charge is 2.08. The summed E-state index contributed by atoms with van der Waals surface area (Å²) in [7, 11) is -0.943. The third-order valence-corrected chi connectivity index (χ3v) is 4.43. The van der Waals surface area contributed by atoms with E-state index in [2.05, 4.69) is 0 Å². The molecule has 2 atom stereocenters. The molecule has 16 heavy (non-hydrogen) atoms. The molecule has 0 spiro atoms. The first kappa shape index (κ1) is 14.0. The van der Waals surface area contributed by atoms with E-state index in [0.717, 1.165) is 12.0 Å². The van der Waals surface area contributed by atoms with E-state index in [9.17, 15) is 4.21 Å². The topological polar surface area (TPSA) is 43.1 Å². The zero-order chi connectivity index (χ0) is 12.1. The van der Waals surface area contributed by atoms with Crippen molar-refractivity contribution < 1.29 is 4.21 Å². The normalized spacial score (nSPS) is 14.8. The standard InChI is InChI=1S/C11H15Cl2NOS/c1-2-9(14)7-16(15)6-8-3-4-10(12)11(13)5-8/h3-5,9H,2,6-7,14H2,1H3. The van der Waals surface area contributed by atoms with Crippen molar-refractivity contribution in [3.63, 3.8) is 0 Å². The summed E-state index contributed by atoms with van der Waals surface area (Å²) < 4.78 is 11.7. The van der Waals surface area contributed by atoms with Gasteiger partial charge in [0.2, 0.25) is 0 Å². The van der Waals surface area contributed by atoms with Crippen molar-refractivity contribution in [2.24, 2.45) is 5.73 Å². The van der Waals surface area contributed by atoms with Crippen LogP contribution in [0.25, 0.3) is 0 Å². The molecule has 0 aromatic heterocycles. The van der Waals surface area contributed by atoms with Gasteiger partial charge in [0.05, 0.1) is 10.0 Å². The van der Waals surface area contributed by atoms with Gasteiger partial charge >= 0.3 is 0 Å². The van der Waals surface area contributed by atoms with Crippen LogP contribution in [0, 0.1) is 0 Å². The first-order valence-electron chi connectivity index (χ1n) is 5.07. The van der Waals surface area contributed by atoms with Crippen LogP contribution in [0.1, 0.15) is 18.9 Å². The zero-order valence-electron chi connectivity index (χ0n) is 9.08. The average Bonchev–Trinajstić information content (AvgIpc) is 2.23. The van der Waals surface area contributed by atoms with Crippen LogP contribution in [0.15, 0.2) is 18.2 Å². The van der Waals surface area contributed by atoms with Gasteiger partial charge in [-0.05, 0) is 24.1 Å². The maximum Gasteiger partial charge on any atom is 0.0595 e. The number of nitrogens with two attached hydrogens (primary N) is 1. The van der Waals surface area contributed by atoms with Gasteiger partial charge in [-0.25, -0.2) is 0 Å². The second-order valence-electron chi connectivity index (χ2n) is 3.67. The Bertz CT molecular complexity index is 384. The molecule has 1 aromatic rings. The lowest BCUT2D eigenvalue weighted by Crippen LogP contribution is -2.26.